The van der Waals surface area contributed by atoms with E-state index in [1.807, 2.05) is 19.1 Å². The normalized spacial score (nSPS) is 11.6. The summed E-state index contributed by atoms with van der Waals surface area (Å²) in [7, 11) is 0. The fourth-order valence-electron chi connectivity index (χ4n) is 5.23. The zero-order valence-corrected chi connectivity index (χ0v) is 30.1. The van der Waals surface area contributed by atoms with Gasteiger partial charge in [-0.3, -0.25) is 10.1 Å². The van der Waals surface area contributed by atoms with Crippen LogP contribution >= 0.6 is 0 Å². The van der Waals surface area contributed by atoms with Crippen molar-refractivity contribution in [3.63, 3.8) is 0 Å². The summed E-state index contributed by atoms with van der Waals surface area (Å²) in [5.74, 6) is -2.06. The van der Waals surface area contributed by atoms with Gasteiger partial charge in [0.1, 0.15) is 5.75 Å². The smallest absolute Gasteiger partial charge is 0.346 e. The minimum absolute atomic E-state index is 0.0325. The van der Waals surface area contributed by atoms with Crippen molar-refractivity contribution in [3.05, 3.63) is 105 Å². The second-order valence-corrected chi connectivity index (χ2v) is 12.7. The van der Waals surface area contributed by atoms with E-state index in [0.29, 0.717) is 47.5 Å². The first kappa shape index (κ1) is 41.1. The van der Waals surface area contributed by atoms with Crippen LogP contribution in [0.5, 0.6) is 11.5 Å². The van der Waals surface area contributed by atoms with E-state index in [9.17, 15) is 28.9 Å². The third-order valence-electron chi connectivity index (χ3n) is 8.32. The van der Waals surface area contributed by atoms with Crippen LogP contribution < -0.4 is 15.2 Å². The molecule has 2 N–H and O–H groups in total. The maximum Gasteiger partial charge on any atom is 0.346 e. The van der Waals surface area contributed by atoms with Crippen molar-refractivity contribution in [2.75, 3.05) is 12.3 Å². The summed E-state index contributed by atoms with van der Waals surface area (Å²) in [6.45, 7) is 7.53. The summed E-state index contributed by atoms with van der Waals surface area (Å²) in [6, 6.07) is 16.4. The molecule has 3 aromatic rings. The number of esters is 3. The SMILES string of the molecule is C=C(C)C(=O)OCCCCCCCCCCc1ccc(C(=O)Oc2ccc(C=Cc3cc([N+](=O)[O-])c(OC(=O)[C@H](F)CCCC)cc3N)cc2)cc1. The molecule has 10 nitrogen and oxygen atoms in total. The van der Waals surface area contributed by atoms with Gasteiger partial charge in [-0.05, 0) is 68.0 Å². The average molecular weight is 717 g/mol. The van der Waals surface area contributed by atoms with Gasteiger partial charge in [0.15, 0.2) is 6.17 Å². The molecule has 11 heteroatoms. The third kappa shape index (κ3) is 14.1. The number of nitro groups is 1. The molecule has 3 rings (SSSR count). The molecule has 0 bridgehead atoms. The molecule has 1 atom stereocenters. The molecule has 0 spiro atoms. The Balaban J connectivity index is 1.42. The molecule has 3 aromatic carbocycles. The number of unbranched alkanes of at least 4 members (excludes halogenated alkanes) is 8. The van der Waals surface area contributed by atoms with Crippen molar-refractivity contribution >= 4 is 41.4 Å². The highest BCUT2D eigenvalue weighted by Crippen LogP contribution is 2.34. The number of anilines is 1. The number of nitrogens with zero attached hydrogens (tertiary/aromatic N) is 1. The number of hydrogen-bond donors (Lipinski definition) is 1. The third-order valence-corrected chi connectivity index (χ3v) is 8.32. The number of hydrogen-bond acceptors (Lipinski definition) is 9. The fourth-order valence-corrected chi connectivity index (χ4v) is 5.23. The Morgan fingerprint density at radius 3 is 2.13 bits per heavy atom. The van der Waals surface area contributed by atoms with Gasteiger partial charge in [-0.1, -0.05) is 101 Å². The second kappa shape index (κ2) is 21.8. The maximum absolute atomic E-state index is 14.1. The Hall–Kier alpha value is -5.32. The Bertz CT molecular complexity index is 1690. The highest BCUT2D eigenvalue weighted by molar-refractivity contribution is 5.91. The Morgan fingerprint density at radius 2 is 1.52 bits per heavy atom. The summed E-state index contributed by atoms with van der Waals surface area (Å²) in [5.41, 5.74) is 8.70. The number of nitrogen functional groups attached to an aromatic ring is 1. The zero-order valence-electron chi connectivity index (χ0n) is 30.1. The summed E-state index contributed by atoms with van der Waals surface area (Å²) in [5, 5.41) is 11.7. The quantitative estimate of drug-likeness (QED) is 0.0157. The molecule has 0 aliphatic rings. The van der Waals surface area contributed by atoms with E-state index in [1.165, 1.54) is 19.3 Å². The molecule has 0 saturated carbocycles. The lowest BCUT2D eigenvalue weighted by atomic mass is 10.0. The zero-order chi connectivity index (χ0) is 37.9. The first-order chi connectivity index (χ1) is 25.0. The molecule has 0 aromatic heterocycles. The van der Waals surface area contributed by atoms with Gasteiger partial charge in [0, 0.05) is 29.0 Å². The van der Waals surface area contributed by atoms with Gasteiger partial charge in [-0.25, -0.2) is 18.8 Å². The van der Waals surface area contributed by atoms with E-state index in [0.717, 1.165) is 56.2 Å². The van der Waals surface area contributed by atoms with Crippen LogP contribution in [0.4, 0.5) is 15.8 Å². The van der Waals surface area contributed by atoms with Gasteiger partial charge in [0.05, 0.1) is 17.1 Å². The van der Waals surface area contributed by atoms with Crippen molar-refractivity contribution in [2.24, 2.45) is 0 Å². The van der Waals surface area contributed by atoms with E-state index in [2.05, 4.69) is 6.58 Å². The monoisotopic (exact) mass is 716 g/mol. The average Bonchev–Trinajstić information content (AvgIpc) is 3.12. The van der Waals surface area contributed by atoms with Crippen LogP contribution in [0, 0.1) is 10.1 Å². The van der Waals surface area contributed by atoms with Gasteiger partial charge >= 0.3 is 23.6 Å². The minimum Gasteiger partial charge on any atom is -0.462 e. The van der Waals surface area contributed by atoms with Gasteiger partial charge in [-0.2, -0.15) is 0 Å². The molecule has 0 unspecified atom stereocenters. The van der Waals surface area contributed by atoms with E-state index in [4.69, 9.17) is 19.9 Å². The van der Waals surface area contributed by atoms with Crippen LogP contribution in [-0.2, 0) is 20.7 Å². The molecule has 0 aliphatic heterocycles. The molecule has 52 heavy (non-hydrogen) atoms. The number of rotatable bonds is 22. The van der Waals surface area contributed by atoms with Gasteiger partial charge < -0.3 is 19.9 Å². The predicted molar refractivity (Wildman–Crippen MR) is 201 cm³/mol. The number of alkyl halides is 1. The Labute approximate surface area is 305 Å². The summed E-state index contributed by atoms with van der Waals surface area (Å²) in [6.07, 6.45) is 12.2. The molecule has 0 amide bonds. The van der Waals surface area contributed by atoms with Crippen LogP contribution in [0.3, 0.4) is 0 Å². The number of carbonyl (C=O) groups is 3. The number of aryl methyl sites for hydroxylation is 1. The van der Waals surface area contributed by atoms with Crippen LogP contribution in [0.1, 0.15) is 112 Å². The lowest BCUT2D eigenvalue weighted by Crippen LogP contribution is -2.22. The topological polar surface area (TPSA) is 148 Å². The first-order valence-electron chi connectivity index (χ1n) is 17.8. The lowest BCUT2D eigenvalue weighted by Gasteiger charge is -2.10. The number of carbonyl (C=O) groups excluding carboxylic acids is 3. The fraction of sp³-hybridized carbons (Fsp3) is 0.390. The summed E-state index contributed by atoms with van der Waals surface area (Å²) >= 11 is 0. The van der Waals surface area contributed by atoms with E-state index < -0.39 is 34.5 Å². The predicted octanol–water partition coefficient (Wildman–Crippen LogP) is 9.78. The maximum atomic E-state index is 14.1. The second-order valence-electron chi connectivity index (χ2n) is 12.7. The lowest BCUT2D eigenvalue weighted by molar-refractivity contribution is -0.385. The minimum atomic E-state index is -1.89. The molecule has 0 saturated heterocycles. The highest BCUT2D eigenvalue weighted by atomic mass is 19.1. The number of nitro benzene ring substituents is 1. The van der Waals surface area contributed by atoms with Crippen molar-refractivity contribution in [2.45, 2.75) is 97.1 Å². The standard InChI is InChI=1S/C41H49FN2O8/c1-4-5-15-35(42)41(47)52-38-28-36(43)33(27-37(38)44(48)49)23-18-31-19-24-34(25-20-31)51-40(46)32-21-16-30(17-22-32)14-12-10-8-6-7-9-11-13-26-50-39(45)29(2)3/h16-25,27-28,35H,2,4-15,26,43H2,1,3H3/t35-/m1/s1. The van der Waals surface area contributed by atoms with Crippen molar-refractivity contribution < 1.29 is 37.9 Å². The summed E-state index contributed by atoms with van der Waals surface area (Å²) < 4.78 is 29.7. The molecular weight excluding hydrogens is 667 g/mol. The van der Waals surface area contributed by atoms with Gasteiger partial charge in [0.2, 0.25) is 5.75 Å². The molecule has 0 aliphatic carbocycles. The largest absolute Gasteiger partial charge is 0.462 e. The number of nitrogens with two attached hydrogens (primary N) is 1. The number of ether oxygens (including phenoxy) is 3. The van der Waals surface area contributed by atoms with Crippen molar-refractivity contribution in [3.8, 4) is 11.5 Å². The Morgan fingerprint density at radius 1 is 0.885 bits per heavy atom. The van der Waals surface area contributed by atoms with Crippen LogP contribution in [0.2, 0.25) is 0 Å². The number of halogens is 1. The summed E-state index contributed by atoms with van der Waals surface area (Å²) in [4.78, 5) is 47.1. The van der Waals surface area contributed by atoms with Crippen molar-refractivity contribution in [1.82, 2.24) is 0 Å². The van der Waals surface area contributed by atoms with Gasteiger partial charge in [0.25, 0.3) is 0 Å². The number of benzene rings is 3. The van der Waals surface area contributed by atoms with Gasteiger partial charge in [-0.15, -0.1) is 0 Å². The van der Waals surface area contributed by atoms with Crippen LogP contribution in [-0.4, -0.2) is 35.6 Å². The Kier molecular flexibility index (Phi) is 17.2. The molecular formula is C41H49FN2O8. The molecule has 0 radical (unpaired) electrons. The van der Waals surface area contributed by atoms with E-state index >= 15 is 0 Å². The van der Waals surface area contributed by atoms with Crippen LogP contribution in [0.25, 0.3) is 12.2 Å². The first-order valence-corrected chi connectivity index (χ1v) is 17.8. The van der Waals surface area contributed by atoms with E-state index in [1.54, 1.807) is 55.5 Å². The van der Waals surface area contributed by atoms with E-state index in [-0.39, 0.29) is 18.1 Å². The molecule has 0 fully saturated rings. The highest BCUT2D eigenvalue weighted by Gasteiger charge is 2.25. The van der Waals surface area contributed by atoms with Crippen LogP contribution in [0.15, 0.2) is 72.8 Å². The molecule has 0 heterocycles. The molecule has 278 valence electrons. The van der Waals surface area contributed by atoms with Crippen molar-refractivity contribution in [1.29, 1.82) is 0 Å².